The minimum Gasteiger partial charge on any atom is -0.337 e. The van der Waals surface area contributed by atoms with Crippen molar-refractivity contribution in [2.24, 2.45) is 0 Å². The zero-order valence-corrected chi connectivity index (χ0v) is 11.8. The summed E-state index contributed by atoms with van der Waals surface area (Å²) in [5.41, 5.74) is 0. The van der Waals surface area contributed by atoms with Gasteiger partial charge in [0.25, 0.3) is 0 Å². The number of nitrogens with zero attached hydrogens (tertiary/aromatic N) is 1. The highest BCUT2D eigenvalue weighted by Crippen LogP contribution is 2.24. The van der Waals surface area contributed by atoms with Gasteiger partial charge in [0.05, 0.1) is 6.54 Å². The Bertz CT molecular complexity index is 266. The summed E-state index contributed by atoms with van der Waals surface area (Å²) in [5, 5.41) is 3.98. The van der Waals surface area contributed by atoms with Crippen molar-refractivity contribution in [3.63, 3.8) is 0 Å². The Morgan fingerprint density at radius 2 is 2.06 bits per heavy atom. The van der Waals surface area contributed by atoms with Crippen molar-refractivity contribution >= 4 is 17.7 Å². The Morgan fingerprint density at radius 1 is 1.35 bits per heavy atom. The highest BCUT2D eigenvalue weighted by atomic mass is 32.2. The van der Waals surface area contributed by atoms with Gasteiger partial charge in [0.15, 0.2) is 0 Å². The number of carbonyl (C=O) groups is 1. The lowest BCUT2D eigenvalue weighted by molar-refractivity contribution is -0.132. The van der Waals surface area contributed by atoms with E-state index in [-0.39, 0.29) is 5.91 Å². The Labute approximate surface area is 109 Å². The van der Waals surface area contributed by atoms with Crippen molar-refractivity contribution in [2.75, 3.05) is 18.8 Å². The first-order chi connectivity index (χ1) is 8.18. The second-order valence-electron chi connectivity index (χ2n) is 5.27. The van der Waals surface area contributed by atoms with Crippen molar-refractivity contribution in [1.29, 1.82) is 0 Å². The molecule has 1 saturated heterocycles. The van der Waals surface area contributed by atoms with Crippen LogP contribution < -0.4 is 5.32 Å². The van der Waals surface area contributed by atoms with Crippen LogP contribution in [0.2, 0.25) is 0 Å². The van der Waals surface area contributed by atoms with E-state index in [4.69, 9.17) is 0 Å². The van der Waals surface area contributed by atoms with Gasteiger partial charge in [0.2, 0.25) is 5.91 Å². The maximum absolute atomic E-state index is 12.2. The molecule has 1 aliphatic carbocycles. The number of hydrogen-bond acceptors (Lipinski definition) is 3. The van der Waals surface area contributed by atoms with Crippen molar-refractivity contribution in [1.82, 2.24) is 10.2 Å². The quantitative estimate of drug-likeness (QED) is 0.836. The van der Waals surface area contributed by atoms with Crippen LogP contribution in [0.15, 0.2) is 0 Å². The van der Waals surface area contributed by atoms with E-state index in [1.165, 1.54) is 25.7 Å². The van der Waals surface area contributed by atoms with Crippen LogP contribution in [-0.4, -0.2) is 47.0 Å². The molecule has 1 heterocycles. The van der Waals surface area contributed by atoms with Gasteiger partial charge in [-0.2, -0.15) is 11.8 Å². The van der Waals surface area contributed by atoms with Crippen LogP contribution in [0.4, 0.5) is 0 Å². The van der Waals surface area contributed by atoms with Gasteiger partial charge < -0.3 is 10.2 Å². The molecule has 2 unspecified atom stereocenters. The fraction of sp³-hybridized carbons (Fsp3) is 0.923. The first-order valence-corrected chi connectivity index (χ1v) is 7.88. The average Bonchev–Trinajstić information content (AvgIpc) is 2.82. The van der Waals surface area contributed by atoms with Crippen LogP contribution in [0.5, 0.6) is 0 Å². The fourth-order valence-corrected chi connectivity index (χ4v) is 3.85. The number of amides is 1. The Balaban J connectivity index is 1.78. The predicted molar refractivity (Wildman–Crippen MR) is 73.4 cm³/mol. The summed E-state index contributed by atoms with van der Waals surface area (Å²) in [6, 6.07) is 0.970. The molecule has 0 spiro atoms. The van der Waals surface area contributed by atoms with Crippen molar-refractivity contribution < 1.29 is 4.79 Å². The molecule has 1 amide bonds. The molecule has 0 bridgehead atoms. The Hall–Kier alpha value is -0.220. The van der Waals surface area contributed by atoms with Gasteiger partial charge >= 0.3 is 0 Å². The van der Waals surface area contributed by atoms with E-state index in [0.717, 1.165) is 12.3 Å². The van der Waals surface area contributed by atoms with Crippen LogP contribution in [0.1, 0.15) is 39.5 Å². The number of nitrogens with one attached hydrogen (secondary N) is 1. The lowest BCUT2D eigenvalue weighted by Gasteiger charge is -2.37. The largest absolute Gasteiger partial charge is 0.337 e. The normalized spacial score (nSPS) is 30.8. The molecule has 17 heavy (non-hydrogen) atoms. The van der Waals surface area contributed by atoms with Gasteiger partial charge in [-0.15, -0.1) is 0 Å². The molecule has 0 aromatic rings. The highest BCUT2D eigenvalue weighted by Gasteiger charge is 2.28. The summed E-state index contributed by atoms with van der Waals surface area (Å²) < 4.78 is 0. The Morgan fingerprint density at radius 3 is 2.76 bits per heavy atom. The number of thioether (sulfide) groups is 1. The predicted octanol–water partition coefficient (Wildman–Crippen LogP) is 1.87. The standard InChI is InChI=1S/C13H24N2OS/c1-10-11(2)17-8-7-15(10)13(16)9-14-12-5-3-4-6-12/h10-12,14H,3-9H2,1-2H3. The summed E-state index contributed by atoms with van der Waals surface area (Å²) in [6.07, 6.45) is 5.13. The summed E-state index contributed by atoms with van der Waals surface area (Å²) in [5.74, 6) is 1.37. The third kappa shape index (κ3) is 3.38. The van der Waals surface area contributed by atoms with Crippen molar-refractivity contribution in [3.05, 3.63) is 0 Å². The molecule has 1 aliphatic heterocycles. The second-order valence-corrected chi connectivity index (χ2v) is 6.75. The van der Waals surface area contributed by atoms with Gasteiger partial charge in [0, 0.05) is 29.6 Å². The lowest BCUT2D eigenvalue weighted by atomic mass is 10.2. The topological polar surface area (TPSA) is 32.3 Å². The second kappa shape index (κ2) is 6.10. The molecular formula is C13H24N2OS. The minimum atomic E-state index is 0.288. The smallest absolute Gasteiger partial charge is 0.236 e. The van der Waals surface area contributed by atoms with Crippen LogP contribution in [-0.2, 0) is 4.79 Å². The lowest BCUT2D eigenvalue weighted by Crippen LogP contribution is -2.51. The molecule has 2 aliphatic rings. The van der Waals surface area contributed by atoms with E-state index < -0.39 is 0 Å². The summed E-state index contributed by atoms with van der Waals surface area (Å²) in [7, 11) is 0. The Kier molecular flexibility index (Phi) is 4.74. The van der Waals surface area contributed by atoms with Crippen LogP contribution in [0, 0.1) is 0 Å². The SMILES string of the molecule is CC1SCCN(C(=O)CNC2CCCC2)C1C. The summed E-state index contributed by atoms with van der Waals surface area (Å²) >= 11 is 1.98. The molecular weight excluding hydrogens is 232 g/mol. The molecule has 2 fully saturated rings. The summed E-state index contributed by atoms with van der Waals surface area (Å²) in [6.45, 7) is 5.84. The van der Waals surface area contributed by atoms with E-state index in [2.05, 4.69) is 24.1 Å². The molecule has 98 valence electrons. The van der Waals surface area contributed by atoms with E-state index in [1.54, 1.807) is 0 Å². The fourth-order valence-electron chi connectivity index (χ4n) is 2.75. The number of rotatable bonds is 3. The van der Waals surface area contributed by atoms with Crippen molar-refractivity contribution in [3.8, 4) is 0 Å². The van der Waals surface area contributed by atoms with Crippen molar-refractivity contribution in [2.45, 2.75) is 56.9 Å². The van der Waals surface area contributed by atoms with E-state index in [0.29, 0.717) is 23.9 Å². The van der Waals surface area contributed by atoms with Gasteiger partial charge in [-0.1, -0.05) is 19.8 Å². The zero-order valence-electron chi connectivity index (χ0n) is 10.9. The first-order valence-electron chi connectivity index (χ1n) is 6.83. The molecule has 4 heteroatoms. The average molecular weight is 256 g/mol. The van der Waals surface area contributed by atoms with Gasteiger partial charge in [-0.05, 0) is 19.8 Å². The maximum atomic E-state index is 12.2. The van der Waals surface area contributed by atoms with Crippen LogP contribution in [0.25, 0.3) is 0 Å². The summed E-state index contributed by atoms with van der Waals surface area (Å²) in [4.78, 5) is 14.2. The monoisotopic (exact) mass is 256 g/mol. The first kappa shape index (κ1) is 13.2. The number of hydrogen-bond donors (Lipinski definition) is 1. The molecule has 2 rings (SSSR count). The maximum Gasteiger partial charge on any atom is 0.236 e. The molecule has 0 aromatic carbocycles. The third-order valence-electron chi connectivity index (χ3n) is 4.10. The van der Waals surface area contributed by atoms with Gasteiger partial charge in [-0.25, -0.2) is 0 Å². The molecule has 1 saturated carbocycles. The molecule has 1 N–H and O–H groups in total. The zero-order chi connectivity index (χ0) is 12.3. The molecule has 3 nitrogen and oxygen atoms in total. The highest BCUT2D eigenvalue weighted by molar-refractivity contribution is 8.00. The third-order valence-corrected chi connectivity index (χ3v) is 5.44. The van der Waals surface area contributed by atoms with Gasteiger partial charge in [0.1, 0.15) is 0 Å². The van der Waals surface area contributed by atoms with E-state index >= 15 is 0 Å². The number of carbonyl (C=O) groups excluding carboxylic acids is 1. The van der Waals surface area contributed by atoms with Crippen LogP contribution >= 0.6 is 11.8 Å². The minimum absolute atomic E-state index is 0.288. The van der Waals surface area contributed by atoms with E-state index in [9.17, 15) is 4.79 Å². The van der Waals surface area contributed by atoms with E-state index in [1.807, 2.05) is 11.8 Å². The van der Waals surface area contributed by atoms with Crippen LogP contribution in [0.3, 0.4) is 0 Å². The van der Waals surface area contributed by atoms with Gasteiger partial charge in [-0.3, -0.25) is 4.79 Å². The molecule has 2 atom stereocenters. The molecule has 0 radical (unpaired) electrons. The molecule has 0 aromatic heterocycles.